The van der Waals surface area contributed by atoms with Gasteiger partial charge in [0.05, 0.1) is 12.6 Å². The van der Waals surface area contributed by atoms with E-state index in [9.17, 15) is 0 Å². The highest BCUT2D eigenvalue weighted by Gasteiger charge is 2.23. The van der Waals surface area contributed by atoms with Gasteiger partial charge < -0.3 is 14.6 Å². The molecule has 2 rings (SSSR count). The van der Waals surface area contributed by atoms with Crippen molar-refractivity contribution in [2.45, 2.75) is 25.3 Å². The Labute approximate surface area is 82.8 Å². The highest BCUT2D eigenvalue weighted by atomic mass is 16.5. The zero-order valence-electron chi connectivity index (χ0n) is 8.49. The van der Waals surface area contributed by atoms with Gasteiger partial charge in [-0.05, 0) is 20.4 Å². The summed E-state index contributed by atoms with van der Waals surface area (Å²) in [6.45, 7) is 3.51. The lowest BCUT2D eigenvalue weighted by molar-refractivity contribution is 0.192. The van der Waals surface area contributed by atoms with Gasteiger partial charge in [-0.15, -0.1) is 0 Å². The maximum absolute atomic E-state index is 5.27. The molecule has 1 aliphatic heterocycles. The van der Waals surface area contributed by atoms with Gasteiger partial charge in [-0.1, -0.05) is 5.16 Å². The van der Waals surface area contributed by atoms with E-state index in [0.29, 0.717) is 18.4 Å². The third-order valence-electron chi connectivity index (χ3n) is 2.56. The van der Waals surface area contributed by atoms with Crippen LogP contribution in [-0.2, 0) is 4.74 Å². The molecule has 78 valence electrons. The maximum atomic E-state index is 5.27. The van der Waals surface area contributed by atoms with Crippen molar-refractivity contribution in [3.8, 4) is 0 Å². The molecule has 0 radical (unpaired) electrons. The molecule has 2 unspecified atom stereocenters. The van der Waals surface area contributed by atoms with Gasteiger partial charge in [0.1, 0.15) is 0 Å². The Kier molecular flexibility index (Phi) is 2.79. The summed E-state index contributed by atoms with van der Waals surface area (Å²) in [4.78, 5) is 4.34. The van der Waals surface area contributed by atoms with Gasteiger partial charge in [0.25, 0.3) is 0 Å². The first kappa shape index (κ1) is 9.61. The van der Waals surface area contributed by atoms with E-state index in [4.69, 9.17) is 9.26 Å². The lowest BCUT2D eigenvalue weighted by Crippen LogP contribution is -2.12. The van der Waals surface area contributed by atoms with Gasteiger partial charge in [-0.25, -0.2) is 0 Å². The summed E-state index contributed by atoms with van der Waals surface area (Å²) < 4.78 is 10.4. The summed E-state index contributed by atoms with van der Waals surface area (Å²) in [5.41, 5.74) is 0. The molecule has 0 bridgehead atoms. The largest absolute Gasteiger partial charge is 0.381 e. The van der Waals surface area contributed by atoms with Crippen LogP contribution in [0.5, 0.6) is 0 Å². The molecule has 5 nitrogen and oxygen atoms in total. The van der Waals surface area contributed by atoms with Crippen LogP contribution in [0.2, 0.25) is 0 Å². The van der Waals surface area contributed by atoms with Crippen molar-refractivity contribution in [3.05, 3.63) is 11.7 Å². The standard InChI is InChI=1S/C9H15N3O2/c1-6(10-2)9-11-8(12-14-9)7-3-4-13-5-7/h6-7,10H,3-5H2,1-2H3. The first-order valence-electron chi connectivity index (χ1n) is 4.89. The Morgan fingerprint density at radius 3 is 3.07 bits per heavy atom. The zero-order valence-corrected chi connectivity index (χ0v) is 8.49. The molecule has 5 heteroatoms. The van der Waals surface area contributed by atoms with Crippen LogP contribution in [-0.4, -0.2) is 30.4 Å². The Morgan fingerprint density at radius 1 is 1.57 bits per heavy atom. The first-order valence-corrected chi connectivity index (χ1v) is 4.89. The predicted octanol–water partition coefficient (Wildman–Crippen LogP) is 0.854. The molecular formula is C9H15N3O2. The normalized spacial score (nSPS) is 24.0. The van der Waals surface area contributed by atoms with E-state index in [1.807, 2.05) is 14.0 Å². The van der Waals surface area contributed by atoms with Gasteiger partial charge >= 0.3 is 0 Å². The average Bonchev–Trinajstić information content (AvgIpc) is 2.86. The molecule has 0 saturated carbocycles. The lowest BCUT2D eigenvalue weighted by Gasteiger charge is -2.02. The molecule has 1 fully saturated rings. The number of hydrogen-bond acceptors (Lipinski definition) is 5. The van der Waals surface area contributed by atoms with Crippen LogP contribution >= 0.6 is 0 Å². The molecule has 1 N–H and O–H groups in total. The summed E-state index contributed by atoms with van der Waals surface area (Å²) in [5.74, 6) is 1.74. The fourth-order valence-corrected chi connectivity index (χ4v) is 1.45. The minimum atomic E-state index is 0.110. The van der Waals surface area contributed by atoms with E-state index in [2.05, 4.69) is 15.5 Å². The van der Waals surface area contributed by atoms with Crippen molar-refractivity contribution >= 4 is 0 Å². The van der Waals surface area contributed by atoms with Crippen molar-refractivity contribution in [1.29, 1.82) is 0 Å². The van der Waals surface area contributed by atoms with Crippen LogP contribution in [0.3, 0.4) is 0 Å². The minimum absolute atomic E-state index is 0.110. The van der Waals surface area contributed by atoms with Gasteiger partial charge in [-0.2, -0.15) is 4.98 Å². The van der Waals surface area contributed by atoms with Crippen LogP contribution in [0.25, 0.3) is 0 Å². The lowest BCUT2D eigenvalue weighted by atomic mass is 10.1. The van der Waals surface area contributed by atoms with E-state index >= 15 is 0 Å². The molecule has 14 heavy (non-hydrogen) atoms. The topological polar surface area (TPSA) is 60.2 Å². The van der Waals surface area contributed by atoms with Crippen LogP contribution in [0.1, 0.15) is 37.0 Å². The SMILES string of the molecule is CNC(C)c1nc(C2CCOC2)no1. The van der Waals surface area contributed by atoms with E-state index in [-0.39, 0.29) is 6.04 Å². The molecule has 0 aromatic carbocycles. The number of hydrogen-bond donors (Lipinski definition) is 1. The number of aromatic nitrogens is 2. The predicted molar refractivity (Wildman–Crippen MR) is 49.9 cm³/mol. The average molecular weight is 197 g/mol. The maximum Gasteiger partial charge on any atom is 0.243 e. The van der Waals surface area contributed by atoms with Crippen molar-refractivity contribution in [3.63, 3.8) is 0 Å². The van der Waals surface area contributed by atoms with Crippen LogP contribution in [0, 0.1) is 0 Å². The minimum Gasteiger partial charge on any atom is -0.381 e. The number of nitrogens with zero attached hydrogens (tertiary/aromatic N) is 2. The van der Waals surface area contributed by atoms with E-state index in [1.165, 1.54) is 0 Å². The third kappa shape index (κ3) is 1.78. The van der Waals surface area contributed by atoms with Gasteiger partial charge in [-0.3, -0.25) is 0 Å². The second-order valence-electron chi connectivity index (χ2n) is 3.56. The Bertz CT molecular complexity index is 294. The number of nitrogens with one attached hydrogen (secondary N) is 1. The Morgan fingerprint density at radius 2 is 2.43 bits per heavy atom. The molecule has 2 heterocycles. The van der Waals surface area contributed by atoms with Crippen molar-refractivity contribution < 1.29 is 9.26 Å². The molecule has 0 amide bonds. The Balaban J connectivity index is 2.08. The van der Waals surface area contributed by atoms with Gasteiger partial charge in [0, 0.05) is 12.5 Å². The summed E-state index contributed by atoms with van der Waals surface area (Å²) >= 11 is 0. The van der Waals surface area contributed by atoms with Crippen LogP contribution in [0.4, 0.5) is 0 Å². The smallest absolute Gasteiger partial charge is 0.243 e. The summed E-state index contributed by atoms with van der Waals surface area (Å²) in [5, 5.41) is 7.02. The molecule has 2 atom stereocenters. The second-order valence-corrected chi connectivity index (χ2v) is 3.56. The molecule has 1 aliphatic rings. The first-order chi connectivity index (χ1) is 6.81. The third-order valence-corrected chi connectivity index (χ3v) is 2.56. The summed E-state index contributed by atoms with van der Waals surface area (Å²) in [6.07, 6.45) is 0.993. The van der Waals surface area contributed by atoms with Gasteiger partial charge in [0.2, 0.25) is 5.89 Å². The van der Waals surface area contributed by atoms with Crippen LogP contribution in [0.15, 0.2) is 4.52 Å². The summed E-state index contributed by atoms with van der Waals surface area (Å²) in [7, 11) is 1.87. The molecule has 0 spiro atoms. The fourth-order valence-electron chi connectivity index (χ4n) is 1.45. The molecule has 1 aromatic rings. The van der Waals surface area contributed by atoms with E-state index in [0.717, 1.165) is 18.9 Å². The monoisotopic (exact) mass is 197 g/mol. The fraction of sp³-hybridized carbons (Fsp3) is 0.778. The van der Waals surface area contributed by atoms with Crippen molar-refractivity contribution in [2.24, 2.45) is 0 Å². The quantitative estimate of drug-likeness (QED) is 0.778. The molecule has 0 aliphatic carbocycles. The van der Waals surface area contributed by atoms with E-state index in [1.54, 1.807) is 0 Å². The van der Waals surface area contributed by atoms with Crippen molar-refractivity contribution in [1.82, 2.24) is 15.5 Å². The second kappa shape index (κ2) is 4.06. The highest BCUT2D eigenvalue weighted by Crippen LogP contribution is 2.23. The molecule has 1 saturated heterocycles. The molecular weight excluding hydrogens is 182 g/mol. The molecule has 1 aromatic heterocycles. The Hall–Kier alpha value is -0.940. The number of rotatable bonds is 3. The van der Waals surface area contributed by atoms with Gasteiger partial charge in [0.15, 0.2) is 5.82 Å². The summed E-state index contributed by atoms with van der Waals surface area (Å²) in [6, 6.07) is 0.110. The van der Waals surface area contributed by atoms with Crippen molar-refractivity contribution in [2.75, 3.05) is 20.3 Å². The zero-order chi connectivity index (χ0) is 9.97. The van der Waals surface area contributed by atoms with Crippen LogP contribution < -0.4 is 5.32 Å². The number of ether oxygens (including phenoxy) is 1. The highest BCUT2D eigenvalue weighted by molar-refractivity contribution is 4.99. The van der Waals surface area contributed by atoms with E-state index < -0.39 is 0 Å².